The van der Waals surface area contributed by atoms with Gasteiger partial charge in [0, 0.05) is 91.7 Å². The van der Waals surface area contributed by atoms with Crippen molar-refractivity contribution in [1.82, 2.24) is 14.7 Å². The molecule has 3 saturated heterocycles. The molecular formula is C96H102N9Ni3O9-3. The van der Waals surface area contributed by atoms with E-state index in [2.05, 4.69) is 105 Å². The number of benzene rings is 9. The summed E-state index contributed by atoms with van der Waals surface area (Å²) in [5, 5.41) is 42.8. The standard InChI is InChI=1S/C32H35N3O3.C31H31N3O3.C27H27N3O3.C6H12.3Ni/c1-2-3-6-20-28(32(37)38)33-30(25-16-9-5-10-17-25)26-18-11-12-19-27(26)34-31(36)29-21-13-22-35(29)23-24-14-7-4-8-15-24;1-2-24-20-31(24,30(36)37)33-28(23-14-7-4-8-15-23)25-16-9-10-17-26(25)32-29(35)27-18-11-19-34(27)21-22-12-5-3-6-13-22;31-25(32)18-28-26(21-12-5-2-6-13-21)22-14-7-8-15-23(22)29-27(33)24-16-9-17-30(24)19-20-10-3-1-4-11-20;1-3-5-6-4-2;;;/h3-12,14-19,28-29H,2,13,20-23H2,1H3,(H2,33,34,36,37,38);2-10,12-17,24,27H,1,11,18-21H2,(H2,32,33,35,36,37);1-8,10-15,24H,9,16-19H2,(H2,28,29,31,32,33);5-6H,3-4H2,1-2H3;;;/p-3/b6-3+;;;6-5+;;;/t28-,29?;24-,27?,31-;24-;;;;/m110..../s1. The van der Waals surface area contributed by atoms with Crippen molar-refractivity contribution in [3.8, 4) is 0 Å². The fraction of sp³-hybridized carbons (Fsp3) is 0.281. The molecule has 9 aromatic carbocycles. The van der Waals surface area contributed by atoms with Crippen LogP contribution in [0.3, 0.4) is 0 Å². The molecular weight excluding hydrogens is 1600 g/mol. The topological polar surface area (TPSA) is 252 Å². The van der Waals surface area contributed by atoms with Crippen LogP contribution < -0.4 is 0 Å². The Morgan fingerprint density at radius 1 is 0.436 bits per heavy atom. The molecule has 0 bridgehead atoms. The summed E-state index contributed by atoms with van der Waals surface area (Å²) >= 11 is 0. The van der Waals surface area contributed by atoms with Gasteiger partial charge in [-0.15, -0.1) is 23.6 Å². The molecule has 0 spiro atoms. The van der Waals surface area contributed by atoms with E-state index in [4.69, 9.17) is 9.98 Å². The van der Waals surface area contributed by atoms with Gasteiger partial charge in [0.15, 0.2) is 11.6 Å². The molecule has 18 nitrogen and oxygen atoms in total. The minimum atomic E-state index is -1.25. The van der Waals surface area contributed by atoms with E-state index < -0.39 is 29.5 Å². The van der Waals surface area contributed by atoms with Gasteiger partial charge in [-0.2, -0.15) is 0 Å². The maximum atomic E-state index is 13.5. The van der Waals surface area contributed by atoms with Crippen molar-refractivity contribution in [2.24, 2.45) is 20.9 Å². The molecule has 2 unspecified atom stereocenters. The van der Waals surface area contributed by atoms with Crippen LogP contribution in [0.2, 0.25) is 0 Å². The van der Waals surface area contributed by atoms with Crippen LogP contribution in [0.5, 0.6) is 0 Å². The summed E-state index contributed by atoms with van der Waals surface area (Å²) in [5.41, 5.74) is 9.57. The second-order valence-electron chi connectivity index (χ2n) is 28.4. The van der Waals surface area contributed by atoms with Gasteiger partial charge < -0.3 is 45.7 Å². The Balaban J connectivity index is 0.000000231. The summed E-state index contributed by atoms with van der Waals surface area (Å²) in [5.74, 6) is -3.76. The number of nitrogens with zero attached hydrogens (tertiary/aromatic N) is 9. The Labute approximate surface area is 718 Å². The smallest absolute Gasteiger partial charge is 0.332 e. The van der Waals surface area contributed by atoms with Crippen LogP contribution in [-0.4, -0.2) is 139 Å². The van der Waals surface area contributed by atoms with Crippen molar-refractivity contribution in [3.05, 3.63) is 358 Å². The van der Waals surface area contributed by atoms with E-state index in [1.807, 2.05) is 219 Å². The Kier molecular flexibility index (Phi) is 39.0. The van der Waals surface area contributed by atoms with Crippen molar-refractivity contribution < 1.29 is 93.6 Å². The zero-order valence-corrected chi connectivity index (χ0v) is 69.2. The number of hydrogen-bond acceptors (Lipinski definition) is 12. The molecule has 4 aliphatic rings. The Morgan fingerprint density at radius 2 is 0.752 bits per heavy atom. The Bertz CT molecular complexity index is 4800. The van der Waals surface area contributed by atoms with Gasteiger partial charge in [-0.1, -0.05) is 306 Å². The largest absolute Gasteiger partial charge is 0.625 e. The molecule has 3 heterocycles. The Morgan fingerprint density at radius 3 is 1.09 bits per heavy atom. The van der Waals surface area contributed by atoms with E-state index >= 15 is 0 Å². The maximum absolute atomic E-state index is 13.5. The number of carboxylic acids is 3. The van der Waals surface area contributed by atoms with Gasteiger partial charge in [0.1, 0.15) is 6.54 Å². The minimum Gasteiger partial charge on any atom is -0.625 e. The molecule has 1 saturated carbocycles. The van der Waals surface area contributed by atoms with Crippen molar-refractivity contribution in [2.75, 3.05) is 26.2 Å². The van der Waals surface area contributed by atoms with Gasteiger partial charge >= 0.3 is 17.9 Å². The van der Waals surface area contributed by atoms with Crippen LogP contribution >= 0.6 is 0 Å². The monoisotopic (exact) mass is 1700 g/mol. The number of amides is 3. The molecule has 21 heteroatoms. The third-order valence-electron chi connectivity index (χ3n) is 20.2. The number of carbonyl (C=O) groups is 6. The zero-order valence-electron chi connectivity index (χ0n) is 66.2. The summed E-state index contributed by atoms with van der Waals surface area (Å²) in [4.78, 5) is 96.1. The molecule has 3 amide bonds. The van der Waals surface area contributed by atoms with E-state index in [0.717, 1.165) is 81.3 Å². The number of carboxylic acid groups (broad SMARTS) is 3. The van der Waals surface area contributed by atoms with Crippen molar-refractivity contribution in [3.63, 3.8) is 0 Å². The molecule has 9 aromatic rings. The SMILES string of the molecule is C=C[C@@H]1C[C@]1(N=C(c1ccccc1)c1ccccc1[N-]C(=O)C1CCCN1Cc1ccccc1)C(=O)O.CC/C=C/CC.CC/C=C/C[C@@H](N=C(c1ccccc1)c1ccccc1[N-]C(=O)C1CCCN1Cc1ccccc1)C(=O)O.O=C(O)CN=C(c1ccccc1)c1ccccc1[N-]C(=O)[C@@H]1CCCN1Cc1ccccc1.[Ni].[Ni].[Ni]. The Hall–Kier alpha value is -10.6. The second kappa shape index (κ2) is 48.8. The van der Waals surface area contributed by atoms with Gasteiger partial charge in [0.25, 0.3) is 0 Å². The number of aliphatic carboxylic acids is 3. The van der Waals surface area contributed by atoms with Crippen molar-refractivity contribution >= 4 is 69.8 Å². The zero-order chi connectivity index (χ0) is 80.4. The minimum absolute atomic E-state index is 0. The molecule has 4 fully saturated rings. The van der Waals surface area contributed by atoms with Crippen LogP contribution in [0.15, 0.2) is 307 Å². The summed E-state index contributed by atoms with van der Waals surface area (Å²) in [7, 11) is 0. The first-order valence-corrected chi connectivity index (χ1v) is 39.5. The molecule has 0 aromatic heterocycles. The second-order valence-corrected chi connectivity index (χ2v) is 28.4. The average Bonchev–Trinajstić information content (AvgIpc) is 1.58. The molecule has 117 heavy (non-hydrogen) atoms. The predicted molar refractivity (Wildman–Crippen MR) is 456 cm³/mol. The van der Waals surface area contributed by atoms with E-state index in [-0.39, 0.29) is 104 Å². The quantitative estimate of drug-likeness (QED) is 0.0216. The molecule has 13 rings (SSSR count). The maximum Gasteiger partial charge on any atom is 0.332 e. The van der Waals surface area contributed by atoms with Crippen LogP contribution in [-0.2, 0) is 97.9 Å². The fourth-order valence-electron chi connectivity index (χ4n) is 14.3. The third-order valence-corrected chi connectivity index (χ3v) is 20.2. The number of hydrogen-bond donors (Lipinski definition) is 3. The number of para-hydroxylation sites is 3. The van der Waals surface area contributed by atoms with Gasteiger partial charge in [0.05, 0.1) is 53.0 Å². The average molecular weight is 1700 g/mol. The number of aliphatic imine (C=N–C) groups is 3. The van der Waals surface area contributed by atoms with Gasteiger partial charge in [0.2, 0.25) is 0 Å². The number of allylic oxidation sites excluding steroid dienone is 3. The van der Waals surface area contributed by atoms with Gasteiger partial charge in [-0.05, 0) is 124 Å². The van der Waals surface area contributed by atoms with Crippen LogP contribution in [0.4, 0.5) is 17.1 Å². The molecule has 0 radical (unpaired) electrons. The fourth-order valence-corrected chi connectivity index (χ4v) is 14.3. The predicted octanol–water partition coefficient (Wildman–Crippen LogP) is 19.4. The first-order chi connectivity index (χ1) is 55.6. The molecule has 1 aliphatic carbocycles. The van der Waals surface area contributed by atoms with Crippen LogP contribution in [0.25, 0.3) is 16.0 Å². The van der Waals surface area contributed by atoms with Crippen LogP contribution in [0, 0.1) is 5.92 Å². The first kappa shape index (κ1) is 93.6. The van der Waals surface area contributed by atoms with Crippen molar-refractivity contribution in [1.29, 1.82) is 0 Å². The molecule has 618 valence electrons. The van der Waals surface area contributed by atoms with Crippen molar-refractivity contribution in [2.45, 2.75) is 141 Å². The number of carbonyl (C=O) groups excluding carboxylic acids is 3. The summed E-state index contributed by atoms with van der Waals surface area (Å²) in [6.07, 6.45) is 18.8. The molecule has 6 atom stereocenters. The first-order valence-electron chi connectivity index (χ1n) is 39.5. The van der Waals surface area contributed by atoms with Crippen LogP contribution in [0.1, 0.15) is 141 Å². The summed E-state index contributed by atoms with van der Waals surface area (Å²) in [6, 6.07) is 79.0. The number of likely N-dealkylation sites (tertiary alicyclic amines) is 3. The summed E-state index contributed by atoms with van der Waals surface area (Å²) < 4.78 is 0. The third kappa shape index (κ3) is 27.2. The summed E-state index contributed by atoms with van der Waals surface area (Å²) in [6.45, 7) is 14.4. The normalized spacial score (nSPS) is 18.1. The molecule has 3 N–H and O–H groups in total. The van der Waals surface area contributed by atoms with E-state index in [1.165, 1.54) is 29.5 Å². The van der Waals surface area contributed by atoms with Gasteiger partial charge in [-0.25, -0.2) is 9.59 Å². The number of rotatable bonds is 30. The van der Waals surface area contributed by atoms with E-state index in [9.17, 15) is 44.1 Å². The molecule has 3 aliphatic heterocycles. The van der Waals surface area contributed by atoms with E-state index in [1.54, 1.807) is 24.3 Å². The van der Waals surface area contributed by atoms with E-state index in [0.29, 0.717) is 76.9 Å². The van der Waals surface area contributed by atoms with Gasteiger partial charge in [-0.3, -0.25) is 34.5 Å².